The molecule has 5 nitrogen and oxygen atoms in total. The molecule has 21 heavy (non-hydrogen) atoms. The van der Waals surface area contributed by atoms with Crippen molar-refractivity contribution in [1.82, 2.24) is 15.2 Å². The molecule has 110 valence electrons. The third-order valence-electron chi connectivity index (χ3n) is 4.29. The Morgan fingerprint density at radius 3 is 3.24 bits per heavy atom. The SMILES string of the molecule is O=C(NC1CCN2CCCC12)c1ccncc1C#CCO. The van der Waals surface area contributed by atoms with E-state index < -0.39 is 0 Å². The molecule has 3 heterocycles. The van der Waals surface area contributed by atoms with Crippen molar-refractivity contribution in [2.45, 2.75) is 31.3 Å². The third-order valence-corrected chi connectivity index (χ3v) is 4.29. The first kappa shape index (κ1) is 14.1. The van der Waals surface area contributed by atoms with Crippen LogP contribution in [0.3, 0.4) is 0 Å². The minimum atomic E-state index is -0.227. The average Bonchev–Trinajstić information content (AvgIpc) is 3.10. The Hall–Kier alpha value is -1.90. The number of hydrogen-bond donors (Lipinski definition) is 2. The van der Waals surface area contributed by atoms with E-state index in [9.17, 15) is 4.79 Å². The fraction of sp³-hybridized carbons (Fsp3) is 0.500. The summed E-state index contributed by atoms with van der Waals surface area (Å²) in [6, 6.07) is 2.40. The van der Waals surface area contributed by atoms with Gasteiger partial charge in [0.1, 0.15) is 6.61 Å². The number of carbonyl (C=O) groups is 1. The van der Waals surface area contributed by atoms with E-state index >= 15 is 0 Å². The highest BCUT2D eigenvalue weighted by molar-refractivity contribution is 5.96. The van der Waals surface area contributed by atoms with Gasteiger partial charge in [0.2, 0.25) is 0 Å². The van der Waals surface area contributed by atoms with Gasteiger partial charge in [-0.25, -0.2) is 0 Å². The van der Waals surface area contributed by atoms with Crippen LogP contribution in [0.25, 0.3) is 0 Å². The molecule has 0 bridgehead atoms. The van der Waals surface area contributed by atoms with Gasteiger partial charge in [-0.15, -0.1) is 0 Å². The molecule has 1 amide bonds. The van der Waals surface area contributed by atoms with Crippen LogP contribution < -0.4 is 5.32 Å². The number of amides is 1. The Kier molecular flexibility index (Phi) is 4.18. The summed E-state index contributed by atoms with van der Waals surface area (Å²) in [4.78, 5) is 18.9. The minimum absolute atomic E-state index is 0.0987. The second kappa shape index (κ2) is 6.25. The molecule has 3 rings (SSSR count). The highest BCUT2D eigenvalue weighted by Crippen LogP contribution is 2.28. The predicted molar refractivity (Wildman–Crippen MR) is 78.7 cm³/mol. The molecular formula is C16H19N3O2. The maximum Gasteiger partial charge on any atom is 0.252 e. The average molecular weight is 285 g/mol. The van der Waals surface area contributed by atoms with Crippen molar-refractivity contribution >= 4 is 5.91 Å². The number of rotatable bonds is 2. The molecule has 2 fully saturated rings. The zero-order chi connectivity index (χ0) is 14.7. The lowest BCUT2D eigenvalue weighted by Gasteiger charge is -2.21. The number of nitrogens with zero attached hydrogens (tertiary/aromatic N) is 2. The fourth-order valence-electron chi connectivity index (χ4n) is 3.32. The topological polar surface area (TPSA) is 65.5 Å². The number of aromatic nitrogens is 1. The van der Waals surface area contributed by atoms with E-state index in [-0.39, 0.29) is 18.6 Å². The lowest BCUT2D eigenvalue weighted by Crippen LogP contribution is -2.42. The lowest BCUT2D eigenvalue weighted by molar-refractivity contribution is 0.0929. The van der Waals surface area contributed by atoms with Crippen molar-refractivity contribution in [2.75, 3.05) is 19.7 Å². The van der Waals surface area contributed by atoms with Crippen LogP contribution in [0, 0.1) is 11.8 Å². The van der Waals surface area contributed by atoms with E-state index in [1.165, 1.54) is 12.8 Å². The first-order valence-electron chi connectivity index (χ1n) is 7.38. The van der Waals surface area contributed by atoms with Gasteiger partial charge in [-0.3, -0.25) is 14.7 Å². The van der Waals surface area contributed by atoms with E-state index in [0.29, 0.717) is 17.2 Å². The molecule has 5 heteroatoms. The molecule has 2 atom stereocenters. The number of pyridine rings is 1. The molecule has 1 aromatic rings. The van der Waals surface area contributed by atoms with Gasteiger partial charge in [0.15, 0.2) is 0 Å². The van der Waals surface area contributed by atoms with Crippen LogP contribution in [-0.4, -0.2) is 52.7 Å². The number of aliphatic hydroxyl groups excluding tert-OH is 1. The molecule has 2 aliphatic heterocycles. The predicted octanol–water partition coefficient (Wildman–Crippen LogP) is 0.392. The molecule has 0 radical (unpaired) electrons. The van der Waals surface area contributed by atoms with Crippen molar-refractivity contribution in [2.24, 2.45) is 0 Å². The van der Waals surface area contributed by atoms with Crippen molar-refractivity contribution in [3.8, 4) is 11.8 Å². The summed E-state index contributed by atoms with van der Waals surface area (Å²) < 4.78 is 0. The monoisotopic (exact) mass is 285 g/mol. The molecule has 0 aliphatic carbocycles. The van der Waals surface area contributed by atoms with Crippen LogP contribution >= 0.6 is 0 Å². The van der Waals surface area contributed by atoms with Gasteiger partial charge < -0.3 is 10.4 Å². The number of carbonyl (C=O) groups excluding carboxylic acids is 1. The van der Waals surface area contributed by atoms with Crippen LogP contribution in [0.1, 0.15) is 35.2 Å². The molecule has 2 saturated heterocycles. The Labute approximate surface area is 124 Å². The number of hydrogen-bond acceptors (Lipinski definition) is 4. The van der Waals surface area contributed by atoms with Crippen LogP contribution in [0.4, 0.5) is 0 Å². The summed E-state index contributed by atoms with van der Waals surface area (Å²) in [6.07, 6.45) is 6.56. The summed E-state index contributed by atoms with van der Waals surface area (Å²) in [5, 5.41) is 11.9. The molecule has 0 aromatic carbocycles. The van der Waals surface area contributed by atoms with Gasteiger partial charge in [-0.2, -0.15) is 0 Å². The lowest BCUT2D eigenvalue weighted by atomic mass is 10.0. The normalized spacial score (nSPS) is 24.2. The van der Waals surface area contributed by atoms with Crippen molar-refractivity contribution < 1.29 is 9.90 Å². The summed E-state index contributed by atoms with van der Waals surface area (Å²) >= 11 is 0. The number of nitrogens with one attached hydrogen (secondary N) is 1. The van der Waals surface area contributed by atoms with Crippen molar-refractivity contribution in [1.29, 1.82) is 0 Å². The molecule has 2 aliphatic rings. The number of fused-ring (bicyclic) bond motifs is 1. The zero-order valence-corrected chi connectivity index (χ0v) is 11.9. The second-order valence-corrected chi connectivity index (χ2v) is 5.50. The van der Waals surface area contributed by atoms with E-state index in [1.807, 2.05) is 0 Å². The standard InChI is InChI=1S/C16H19N3O2/c20-10-2-3-12-11-17-7-5-13(12)16(21)18-14-6-9-19-8-1-4-15(14)19/h5,7,11,14-15,20H,1,4,6,8-10H2,(H,18,21). The van der Waals surface area contributed by atoms with E-state index in [2.05, 4.69) is 27.0 Å². The summed E-state index contributed by atoms with van der Waals surface area (Å²) in [7, 11) is 0. The Morgan fingerprint density at radius 2 is 2.38 bits per heavy atom. The first-order chi connectivity index (χ1) is 10.3. The second-order valence-electron chi connectivity index (χ2n) is 5.50. The van der Waals surface area contributed by atoms with Crippen molar-refractivity contribution in [3.63, 3.8) is 0 Å². The van der Waals surface area contributed by atoms with Gasteiger partial charge in [-0.05, 0) is 31.9 Å². The minimum Gasteiger partial charge on any atom is -0.384 e. The maximum atomic E-state index is 12.5. The first-order valence-corrected chi connectivity index (χ1v) is 7.38. The van der Waals surface area contributed by atoms with Crippen LogP contribution in [0.15, 0.2) is 18.5 Å². The Balaban J connectivity index is 1.74. The summed E-state index contributed by atoms with van der Waals surface area (Å²) in [5.74, 6) is 5.25. The van der Waals surface area contributed by atoms with Crippen LogP contribution in [0.5, 0.6) is 0 Å². The van der Waals surface area contributed by atoms with Crippen LogP contribution in [0.2, 0.25) is 0 Å². The highest BCUT2D eigenvalue weighted by Gasteiger charge is 2.37. The smallest absolute Gasteiger partial charge is 0.252 e. The van der Waals surface area contributed by atoms with E-state index in [4.69, 9.17) is 5.11 Å². The molecule has 0 saturated carbocycles. The molecule has 0 spiro atoms. The van der Waals surface area contributed by atoms with Gasteiger partial charge >= 0.3 is 0 Å². The number of aliphatic hydroxyl groups is 1. The Morgan fingerprint density at radius 1 is 1.48 bits per heavy atom. The largest absolute Gasteiger partial charge is 0.384 e. The quantitative estimate of drug-likeness (QED) is 0.772. The van der Waals surface area contributed by atoms with E-state index in [1.54, 1.807) is 18.5 Å². The van der Waals surface area contributed by atoms with Gasteiger partial charge in [0, 0.05) is 31.0 Å². The van der Waals surface area contributed by atoms with E-state index in [0.717, 1.165) is 19.5 Å². The summed E-state index contributed by atoms with van der Waals surface area (Å²) in [5.41, 5.74) is 1.09. The summed E-state index contributed by atoms with van der Waals surface area (Å²) in [6.45, 7) is 2.00. The molecule has 2 N–H and O–H groups in total. The molecular weight excluding hydrogens is 266 g/mol. The fourth-order valence-corrected chi connectivity index (χ4v) is 3.32. The van der Waals surface area contributed by atoms with Crippen LogP contribution in [-0.2, 0) is 0 Å². The molecule has 2 unspecified atom stereocenters. The Bertz CT molecular complexity index is 591. The van der Waals surface area contributed by atoms with Gasteiger partial charge in [0.05, 0.1) is 11.1 Å². The molecule has 1 aromatic heterocycles. The third kappa shape index (κ3) is 2.92. The maximum absolute atomic E-state index is 12.5. The zero-order valence-electron chi connectivity index (χ0n) is 11.9. The van der Waals surface area contributed by atoms with Gasteiger partial charge in [-0.1, -0.05) is 11.8 Å². The van der Waals surface area contributed by atoms with Crippen molar-refractivity contribution in [3.05, 3.63) is 29.6 Å². The van der Waals surface area contributed by atoms with Gasteiger partial charge in [0.25, 0.3) is 5.91 Å². The highest BCUT2D eigenvalue weighted by atomic mass is 16.2.